The van der Waals surface area contributed by atoms with E-state index in [9.17, 15) is 8.42 Å². The third-order valence-corrected chi connectivity index (χ3v) is 3.90. The highest BCUT2D eigenvalue weighted by molar-refractivity contribution is 7.90. The van der Waals surface area contributed by atoms with Crippen molar-refractivity contribution in [3.8, 4) is 0 Å². The monoisotopic (exact) mass is 276 g/mol. The van der Waals surface area contributed by atoms with E-state index >= 15 is 0 Å². The maximum Gasteiger partial charge on any atom is 0.175 e. The molecule has 0 unspecified atom stereocenters. The first-order valence-electron chi connectivity index (χ1n) is 5.79. The topological polar surface area (TPSA) is 72.2 Å². The maximum atomic E-state index is 11.4. The van der Waals surface area contributed by atoms with Crippen LogP contribution in [0, 0.1) is 6.92 Å². The molecule has 2 aromatic carbocycles. The average molecular weight is 276 g/mol. The average Bonchev–Trinajstić information content (AvgIpc) is 2.33. The summed E-state index contributed by atoms with van der Waals surface area (Å²) in [7, 11) is -3.16. The predicted molar refractivity (Wildman–Crippen MR) is 78.4 cm³/mol. The Morgan fingerprint density at radius 2 is 1.68 bits per heavy atom. The Hall–Kier alpha value is -2.01. The van der Waals surface area contributed by atoms with Gasteiger partial charge in [0.05, 0.1) is 16.3 Å². The van der Waals surface area contributed by atoms with Crippen molar-refractivity contribution < 1.29 is 8.42 Å². The molecular formula is C14H16N2O2S. The standard InChI is InChI=1S/C14H16N2O2S/c1-10-3-8-13(15)14(9-10)16-11-4-6-12(7-5-11)19(2,17)18/h3-9,16H,15H2,1-2H3. The van der Waals surface area contributed by atoms with Crippen LogP contribution in [0.3, 0.4) is 0 Å². The summed E-state index contributed by atoms with van der Waals surface area (Å²) in [5.41, 5.74) is 9.24. The summed E-state index contributed by atoms with van der Waals surface area (Å²) in [6, 6.07) is 12.3. The maximum absolute atomic E-state index is 11.4. The fourth-order valence-electron chi connectivity index (χ4n) is 1.72. The molecule has 0 fully saturated rings. The summed E-state index contributed by atoms with van der Waals surface area (Å²) in [6.07, 6.45) is 1.19. The molecule has 0 saturated carbocycles. The van der Waals surface area contributed by atoms with E-state index in [0.717, 1.165) is 16.9 Å². The van der Waals surface area contributed by atoms with Crippen molar-refractivity contribution in [2.75, 3.05) is 17.3 Å². The number of rotatable bonds is 3. The van der Waals surface area contributed by atoms with Crippen LogP contribution < -0.4 is 11.1 Å². The number of benzene rings is 2. The van der Waals surface area contributed by atoms with Gasteiger partial charge >= 0.3 is 0 Å². The lowest BCUT2D eigenvalue weighted by atomic mass is 10.2. The molecular weight excluding hydrogens is 260 g/mol. The van der Waals surface area contributed by atoms with Crippen molar-refractivity contribution in [1.29, 1.82) is 0 Å². The van der Waals surface area contributed by atoms with Crippen LogP contribution in [-0.4, -0.2) is 14.7 Å². The summed E-state index contributed by atoms with van der Waals surface area (Å²) < 4.78 is 22.7. The minimum atomic E-state index is -3.16. The number of nitrogens with one attached hydrogen (secondary N) is 1. The molecule has 0 heterocycles. The Morgan fingerprint density at radius 1 is 1.05 bits per heavy atom. The number of hydrogen-bond acceptors (Lipinski definition) is 4. The summed E-state index contributed by atoms with van der Waals surface area (Å²) in [5, 5.41) is 3.17. The largest absolute Gasteiger partial charge is 0.397 e. The van der Waals surface area contributed by atoms with Crippen LogP contribution in [0.2, 0.25) is 0 Å². The normalized spacial score (nSPS) is 11.3. The Labute approximate surface area is 113 Å². The van der Waals surface area contributed by atoms with Gasteiger partial charge in [0.25, 0.3) is 0 Å². The van der Waals surface area contributed by atoms with Gasteiger partial charge in [0, 0.05) is 11.9 Å². The molecule has 0 aliphatic carbocycles. The Bertz CT molecular complexity index is 692. The Morgan fingerprint density at radius 3 is 2.26 bits per heavy atom. The van der Waals surface area contributed by atoms with Gasteiger partial charge in [-0.25, -0.2) is 8.42 Å². The predicted octanol–water partition coefficient (Wildman–Crippen LogP) is 2.72. The van der Waals surface area contributed by atoms with Crippen molar-refractivity contribution in [1.82, 2.24) is 0 Å². The molecule has 3 N–H and O–H groups in total. The minimum Gasteiger partial charge on any atom is -0.397 e. The van der Waals surface area contributed by atoms with Gasteiger partial charge in [0.1, 0.15) is 0 Å². The van der Waals surface area contributed by atoms with E-state index in [0.29, 0.717) is 10.6 Å². The van der Waals surface area contributed by atoms with Gasteiger partial charge in [-0.05, 0) is 48.9 Å². The van der Waals surface area contributed by atoms with Gasteiger partial charge in [-0.3, -0.25) is 0 Å². The van der Waals surface area contributed by atoms with E-state index in [4.69, 9.17) is 5.73 Å². The molecule has 0 saturated heterocycles. The highest BCUT2D eigenvalue weighted by Crippen LogP contribution is 2.24. The summed E-state index contributed by atoms with van der Waals surface area (Å²) in [6.45, 7) is 1.98. The van der Waals surface area contributed by atoms with Crippen molar-refractivity contribution in [3.05, 3.63) is 48.0 Å². The van der Waals surface area contributed by atoms with Gasteiger partial charge < -0.3 is 11.1 Å². The number of sulfone groups is 1. The fraction of sp³-hybridized carbons (Fsp3) is 0.143. The fourth-order valence-corrected chi connectivity index (χ4v) is 2.35. The molecule has 0 aliphatic heterocycles. The van der Waals surface area contributed by atoms with Crippen LogP contribution in [0.5, 0.6) is 0 Å². The molecule has 100 valence electrons. The molecule has 0 radical (unpaired) electrons. The van der Waals surface area contributed by atoms with E-state index < -0.39 is 9.84 Å². The zero-order valence-corrected chi connectivity index (χ0v) is 11.7. The van der Waals surface area contributed by atoms with Crippen LogP contribution in [0.25, 0.3) is 0 Å². The number of anilines is 3. The van der Waals surface area contributed by atoms with E-state index in [1.807, 2.05) is 25.1 Å². The molecule has 2 rings (SSSR count). The first-order valence-corrected chi connectivity index (χ1v) is 7.69. The van der Waals surface area contributed by atoms with E-state index in [2.05, 4.69) is 5.32 Å². The van der Waals surface area contributed by atoms with E-state index in [-0.39, 0.29) is 0 Å². The molecule has 0 aliphatic rings. The molecule has 5 heteroatoms. The van der Waals surface area contributed by atoms with Crippen LogP contribution in [0.1, 0.15) is 5.56 Å². The van der Waals surface area contributed by atoms with E-state index in [1.165, 1.54) is 6.26 Å². The number of nitrogens with two attached hydrogens (primary N) is 1. The van der Waals surface area contributed by atoms with Crippen molar-refractivity contribution >= 4 is 26.9 Å². The third-order valence-electron chi connectivity index (χ3n) is 2.77. The SMILES string of the molecule is Cc1ccc(N)c(Nc2ccc(S(C)(=O)=O)cc2)c1. The van der Waals surface area contributed by atoms with Gasteiger partial charge in [-0.1, -0.05) is 6.07 Å². The van der Waals surface area contributed by atoms with Crippen LogP contribution >= 0.6 is 0 Å². The molecule has 0 amide bonds. The Balaban J connectivity index is 2.27. The third kappa shape index (κ3) is 3.26. The lowest BCUT2D eigenvalue weighted by Crippen LogP contribution is -1.99. The summed E-state index contributed by atoms with van der Waals surface area (Å²) >= 11 is 0. The molecule has 0 atom stereocenters. The Kier molecular flexibility index (Phi) is 3.48. The first-order chi connectivity index (χ1) is 8.86. The van der Waals surface area contributed by atoms with Crippen LogP contribution in [0.4, 0.5) is 17.1 Å². The summed E-state index contributed by atoms with van der Waals surface area (Å²) in [5.74, 6) is 0. The molecule has 0 aromatic heterocycles. The molecule has 0 spiro atoms. The van der Waals surface area contributed by atoms with Gasteiger partial charge in [-0.15, -0.1) is 0 Å². The highest BCUT2D eigenvalue weighted by Gasteiger charge is 2.06. The second-order valence-electron chi connectivity index (χ2n) is 4.51. The van der Waals surface area contributed by atoms with Crippen molar-refractivity contribution in [2.45, 2.75) is 11.8 Å². The minimum absolute atomic E-state index is 0.301. The summed E-state index contributed by atoms with van der Waals surface area (Å²) in [4.78, 5) is 0.301. The number of aryl methyl sites for hydroxylation is 1. The number of hydrogen-bond donors (Lipinski definition) is 2. The smallest absolute Gasteiger partial charge is 0.175 e. The van der Waals surface area contributed by atoms with Gasteiger partial charge in [-0.2, -0.15) is 0 Å². The second kappa shape index (κ2) is 4.93. The second-order valence-corrected chi connectivity index (χ2v) is 6.53. The first kappa shape index (κ1) is 13.4. The quantitative estimate of drug-likeness (QED) is 0.845. The zero-order valence-electron chi connectivity index (χ0n) is 10.8. The zero-order chi connectivity index (χ0) is 14.0. The van der Waals surface area contributed by atoms with Crippen molar-refractivity contribution in [2.24, 2.45) is 0 Å². The van der Waals surface area contributed by atoms with Crippen molar-refractivity contribution in [3.63, 3.8) is 0 Å². The molecule has 19 heavy (non-hydrogen) atoms. The molecule has 4 nitrogen and oxygen atoms in total. The molecule has 0 bridgehead atoms. The highest BCUT2D eigenvalue weighted by atomic mass is 32.2. The van der Waals surface area contributed by atoms with Crippen LogP contribution in [0.15, 0.2) is 47.4 Å². The number of nitrogen functional groups attached to an aromatic ring is 1. The lowest BCUT2D eigenvalue weighted by molar-refractivity contribution is 0.602. The van der Waals surface area contributed by atoms with E-state index in [1.54, 1.807) is 24.3 Å². The van der Waals surface area contributed by atoms with Gasteiger partial charge in [0.15, 0.2) is 9.84 Å². The van der Waals surface area contributed by atoms with Gasteiger partial charge in [0.2, 0.25) is 0 Å². The van der Waals surface area contributed by atoms with Crippen LogP contribution in [-0.2, 0) is 9.84 Å². The lowest BCUT2D eigenvalue weighted by Gasteiger charge is -2.10. The molecule has 2 aromatic rings.